The summed E-state index contributed by atoms with van der Waals surface area (Å²) in [4.78, 5) is 6.62. The largest absolute Gasteiger partial charge is 0.298 e. The summed E-state index contributed by atoms with van der Waals surface area (Å²) in [6.45, 7) is 2.89. The van der Waals surface area contributed by atoms with Crippen LogP contribution >= 0.6 is 0 Å². The summed E-state index contributed by atoms with van der Waals surface area (Å²) >= 11 is 0. The summed E-state index contributed by atoms with van der Waals surface area (Å²) < 4.78 is 0. The summed E-state index contributed by atoms with van der Waals surface area (Å²) in [5.41, 5.74) is 2.20. The third-order valence-corrected chi connectivity index (χ3v) is 3.22. The lowest BCUT2D eigenvalue weighted by Gasteiger charge is -2.22. The lowest BCUT2D eigenvalue weighted by Crippen LogP contribution is -2.28. The van der Waals surface area contributed by atoms with Gasteiger partial charge in [-0.15, -0.1) is 0 Å². The van der Waals surface area contributed by atoms with Crippen LogP contribution in [0.4, 0.5) is 0 Å². The first-order chi connectivity index (χ1) is 8.70. The molecule has 0 fully saturated rings. The molecular formula is C15H17N3. The zero-order valence-corrected chi connectivity index (χ0v) is 10.8. The number of nitrogens with zero attached hydrogens (tertiary/aromatic N) is 3. The van der Waals surface area contributed by atoms with Gasteiger partial charge >= 0.3 is 0 Å². The molecule has 1 atom stereocenters. The zero-order chi connectivity index (χ0) is 13.0. The van der Waals surface area contributed by atoms with Crippen LogP contribution in [0.15, 0.2) is 36.5 Å². The number of benzene rings is 1. The molecule has 0 aliphatic rings. The van der Waals surface area contributed by atoms with E-state index < -0.39 is 0 Å². The van der Waals surface area contributed by atoms with E-state index in [2.05, 4.69) is 35.0 Å². The molecule has 0 spiro atoms. The van der Waals surface area contributed by atoms with E-state index in [1.54, 1.807) is 0 Å². The van der Waals surface area contributed by atoms with E-state index in [9.17, 15) is 0 Å². The minimum atomic E-state index is 0.265. The number of para-hydroxylation sites is 1. The van der Waals surface area contributed by atoms with E-state index in [0.717, 1.165) is 17.4 Å². The average Bonchev–Trinajstić information content (AvgIpc) is 2.39. The molecule has 1 aromatic heterocycles. The van der Waals surface area contributed by atoms with Crippen LogP contribution in [0.1, 0.15) is 18.9 Å². The highest BCUT2D eigenvalue weighted by molar-refractivity contribution is 5.78. The van der Waals surface area contributed by atoms with Gasteiger partial charge in [0.25, 0.3) is 0 Å². The molecule has 2 rings (SSSR count). The summed E-state index contributed by atoms with van der Waals surface area (Å²) in [5.74, 6) is 0. The quantitative estimate of drug-likeness (QED) is 0.823. The van der Waals surface area contributed by atoms with E-state index in [1.807, 2.05) is 31.4 Å². The van der Waals surface area contributed by atoms with Gasteiger partial charge in [0.2, 0.25) is 0 Å². The van der Waals surface area contributed by atoms with Crippen molar-refractivity contribution in [1.82, 2.24) is 9.88 Å². The molecule has 2 aromatic rings. The molecule has 1 heterocycles. The molecule has 1 aromatic carbocycles. The number of hydrogen-bond donors (Lipinski definition) is 0. The molecule has 0 aliphatic heterocycles. The Hall–Kier alpha value is -1.92. The van der Waals surface area contributed by atoms with E-state index >= 15 is 0 Å². The molecule has 18 heavy (non-hydrogen) atoms. The van der Waals surface area contributed by atoms with Crippen LogP contribution in [0.2, 0.25) is 0 Å². The first-order valence-corrected chi connectivity index (χ1v) is 6.11. The molecule has 0 saturated carbocycles. The molecule has 0 radical (unpaired) electrons. The van der Waals surface area contributed by atoms with Crippen molar-refractivity contribution in [3.8, 4) is 6.07 Å². The highest BCUT2D eigenvalue weighted by atomic mass is 15.1. The van der Waals surface area contributed by atoms with Gasteiger partial charge in [0.15, 0.2) is 0 Å². The van der Waals surface area contributed by atoms with Crippen LogP contribution in [0, 0.1) is 11.3 Å². The molecule has 3 nitrogen and oxygen atoms in total. The van der Waals surface area contributed by atoms with E-state index in [0.29, 0.717) is 6.42 Å². The van der Waals surface area contributed by atoms with Crippen molar-refractivity contribution in [3.05, 3.63) is 42.1 Å². The van der Waals surface area contributed by atoms with E-state index in [1.165, 1.54) is 5.56 Å². The maximum atomic E-state index is 8.70. The van der Waals surface area contributed by atoms with Crippen LogP contribution in [0.3, 0.4) is 0 Å². The molecular weight excluding hydrogens is 222 g/mol. The van der Waals surface area contributed by atoms with E-state index in [4.69, 9.17) is 5.26 Å². The lowest BCUT2D eigenvalue weighted by atomic mass is 10.1. The molecule has 0 N–H and O–H groups in total. The number of rotatable bonds is 4. The Kier molecular flexibility index (Phi) is 3.91. The number of nitriles is 1. The van der Waals surface area contributed by atoms with Crippen LogP contribution in [-0.4, -0.2) is 23.0 Å². The van der Waals surface area contributed by atoms with Gasteiger partial charge < -0.3 is 0 Å². The van der Waals surface area contributed by atoms with Gasteiger partial charge in [0.1, 0.15) is 0 Å². The third kappa shape index (κ3) is 2.85. The Balaban J connectivity index is 2.15. The molecule has 3 heteroatoms. The van der Waals surface area contributed by atoms with Gasteiger partial charge in [-0.2, -0.15) is 5.26 Å². The van der Waals surface area contributed by atoms with Crippen molar-refractivity contribution >= 4 is 10.9 Å². The number of fused-ring (bicyclic) bond motifs is 1. The normalized spacial score (nSPS) is 12.6. The Bertz CT molecular complexity index is 571. The van der Waals surface area contributed by atoms with Crippen molar-refractivity contribution in [2.24, 2.45) is 0 Å². The number of hydrogen-bond acceptors (Lipinski definition) is 3. The van der Waals surface area contributed by atoms with Crippen molar-refractivity contribution in [2.45, 2.75) is 25.9 Å². The highest BCUT2D eigenvalue weighted by Gasteiger charge is 2.09. The minimum Gasteiger partial charge on any atom is -0.298 e. The van der Waals surface area contributed by atoms with Gasteiger partial charge in [-0.05, 0) is 31.7 Å². The molecule has 1 unspecified atom stereocenters. The Labute approximate surface area is 108 Å². The maximum absolute atomic E-state index is 8.70. The van der Waals surface area contributed by atoms with Gasteiger partial charge in [-0.1, -0.05) is 18.2 Å². The Morgan fingerprint density at radius 2 is 2.17 bits per heavy atom. The molecule has 0 saturated heterocycles. The minimum absolute atomic E-state index is 0.265. The first kappa shape index (κ1) is 12.5. The fourth-order valence-corrected chi connectivity index (χ4v) is 1.93. The Morgan fingerprint density at radius 3 is 2.94 bits per heavy atom. The van der Waals surface area contributed by atoms with E-state index in [-0.39, 0.29) is 6.04 Å². The van der Waals surface area contributed by atoms with Gasteiger partial charge in [-0.25, -0.2) is 0 Å². The molecule has 0 amide bonds. The van der Waals surface area contributed by atoms with Gasteiger partial charge in [-0.3, -0.25) is 9.88 Å². The number of aromatic nitrogens is 1. The van der Waals surface area contributed by atoms with Gasteiger partial charge in [0.05, 0.1) is 18.0 Å². The summed E-state index contributed by atoms with van der Waals surface area (Å²) in [7, 11) is 2.04. The summed E-state index contributed by atoms with van der Waals surface area (Å²) in [6.07, 6.45) is 2.47. The monoisotopic (exact) mass is 239 g/mol. The fraction of sp³-hybridized carbons (Fsp3) is 0.333. The Morgan fingerprint density at radius 1 is 1.39 bits per heavy atom. The number of pyridine rings is 1. The van der Waals surface area contributed by atoms with Crippen molar-refractivity contribution in [3.63, 3.8) is 0 Å². The smallest absolute Gasteiger partial charge is 0.0702 e. The second-order valence-electron chi connectivity index (χ2n) is 4.66. The molecule has 92 valence electrons. The second kappa shape index (κ2) is 5.61. The molecule has 0 bridgehead atoms. The lowest BCUT2D eigenvalue weighted by molar-refractivity contribution is 0.252. The summed E-state index contributed by atoms with van der Waals surface area (Å²) in [5, 5.41) is 9.87. The fourth-order valence-electron chi connectivity index (χ4n) is 1.93. The predicted molar refractivity (Wildman–Crippen MR) is 72.9 cm³/mol. The maximum Gasteiger partial charge on any atom is 0.0702 e. The van der Waals surface area contributed by atoms with Crippen molar-refractivity contribution < 1.29 is 0 Å². The standard InChI is InChI=1S/C15H17N3/c1-12(7-8-16)18(2)11-13-9-14-5-3-4-6-15(14)17-10-13/h3-6,9-10,12H,7,11H2,1-2H3. The van der Waals surface area contributed by atoms with Crippen LogP contribution in [-0.2, 0) is 6.54 Å². The zero-order valence-electron chi connectivity index (χ0n) is 10.8. The highest BCUT2D eigenvalue weighted by Crippen LogP contribution is 2.14. The van der Waals surface area contributed by atoms with Crippen LogP contribution in [0.25, 0.3) is 10.9 Å². The first-order valence-electron chi connectivity index (χ1n) is 6.11. The SMILES string of the molecule is CC(CC#N)N(C)Cc1cnc2ccccc2c1. The van der Waals surface area contributed by atoms with Crippen molar-refractivity contribution in [1.29, 1.82) is 5.26 Å². The summed E-state index contributed by atoms with van der Waals surface area (Å²) in [6, 6.07) is 12.7. The second-order valence-corrected chi connectivity index (χ2v) is 4.66. The topological polar surface area (TPSA) is 39.9 Å². The van der Waals surface area contributed by atoms with Crippen LogP contribution < -0.4 is 0 Å². The predicted octanol–water partition coefficient (Wildman–Crippen LogP) is 2.97. The third-order valence-electron chi connectivity index (χ3n) is 3.22. The molecule has 0 aliphatic carbocycles. The van der Waals surface area contributed by atoms with Crippen LogP contribution in [0.5, 0.6) is 0 Å². The van der Waals surface area contributed by atoms with Gasteiger partial charge in [0, 0.05) is 24.2 Å². The average molecular weight is 239 g/mol. The van der Waals surface area contributed by atoms with Crippen molar-refractivity contribution in [2.75, 3.05) is 7.05 Å².